The van der Waals surface area contributed by atoms with Crippen LogP contribution in [0.5, 0.6) is 0 Å². The zero-order valence-corrected chi connectivity index (χ0v) is 14.8. The normalized spacial score (nSPS) is 16.8. The van der Waals surface area contributed by atoms with Crippen LogP contribution in [0.1, 0.15) is 79.1 Å². The summed E-state index contributed by atoms with van der Waals surface area (Å²) in [6, 6.07) is 0. The molecule has 0 aromatic carbocycles. The molecule has 0 rings (SSSR count). The molecule has 0 heterocycles. The van der Waals surface area contributed by atoms with Crippen molar-refractivity contribution in [1.82, 2.24) is 0 Å². The monoisotopic (exact) mass is 348 g/mol. The number of rotatable bonds is 13. The van der Waals surface area contributed by atoms with Crippen molar-refractivity contribution in [2.24, 2.45) is 11.8 Å². The average Bonchev–Trinajstić information content (AvgIpc) is 2.43. The van der Waals surface area contributed by atoms with E-state index in [-0.39, 0.29) is 37.7 Å². The summed E-state index contributed by atoms with van der Waals surface area (Å²) < 4.78 is 17.6. The Labute approximate surface area is 162 Å². The third-order valence-corrected chi connectivity index (χ3v) is 5.62. The van der Waals surface area contributed by atoms with Crippen molar-refractivity contribution in [1.29, 1.82) is 0 Å². The Hall–Kier alpha value is 1.41. The van der Waals surface area contributed by atoms with Crippen LogP contribution < -0.4 is 0 Å². The van der Waals surface area contributed by atoms with Gasteiger partial charge in [0.05, 0.1) is 12.8 Å². The minimum atomic E-state index is -3.40. The van der Waals surface area contributed by atoms with Crippen molar-refractivity contribution < 1.29 is 14.0 Å². The molecule has 3 nitrogen and oxygen atoms in total. The predicted octanol–water partition coefficient (Wildman–Crippen LogP) is 4.71. The van der Waals surface area contributed by atoms with E-state index in [1.54, 1.807) is 0 Å². The first-order valence-electron chi connectivity index (χ1n) is 8.45. The Morgan fingerprint density at radius 1 is 0.952 bits per heavy atom. The van der Waals surface area contributed by atoms with Gasteiger partial charge in [-0.2, -0.15) is 0 Å². The second-order valence-electron chi connectivity index (χ2n) is 5.95. The van der Waals surface area contributed by atoms with Gasteiger partial charge in [0.1, 0.15) is 0 Å². The van der Waals surface area contributed by atoms with Crippen molar-refractivity contribution in [2.75, 3.05) is 12.8 Å². The van der Waals surface area contributed by atoms with Gasteiger partial charge in [0, 0.05) is 0 Å². The number of unbranched alkanes of at least 4 members (excludes halogenated alkanes) is 2. The molecule has 0 aliphatic carbocycles. The molecule has 5 heteroatoms. The molecular formula is C16H37CaO3P. The summed E-state index contributed by atoms with van der Waals surface area (Å²) in [7, 11) is -3.40. The van der Waals surface area contributed by atoms with Crippen LogP contribution >= 0.6 is 7.60 Å². The third kappa shape index (κ3) is 13.5. The molecule has 0 aromatic heterocycles. The van der Waals surface area contributed by atoms with Gasteiger partial charge in [-0.1, -0.05) is 66.2 Å². The molecule has 0 aliphatic rings. The maximum atomic E-state index is 12.2. The van der Waals surface area contributed by atoms with Gasteiger partial charge in [0.2, 0.25) is 0 Å². The molecule has 0 amide bonds. The van der Waals surface area contributed by atoms with E-state index in [1.165, 1.54) is 12.8 Å². The van der Waals surface area contributed by atoms with Crippen LogP contribution in [0.4, 0.5) is 0 Å². The summed E-state index contributed by atoms with van der Waals surface area (Å²) in [6.07, 6.45) is 9.05. The fraction of sp³-hybridized carbons (Fsp3) is 1.00. The van der Waals surface area contributed by atoms with Gasteiger partial charge in [0.25, 0.3) is 0 Å². The van der Waals surface area contributed by atoms with E-state index in [9.17, 15) is 9.46 Å². The Kier molecular flexibility index (Phi) is 17.6. The Balaban J connectivity index is 0. The van der Waals surface area contributed by atoms with Gasteiger partial charge in [-0.15, -0.1) is 0 Å². The van der Waals surface area contributed by atoms with E-state index in [4.69, 9.17) is 4.52 Å². The first-order chi connectivity index (χ1) is 9.49. The first-order valence-corrected chi connectivity index (χ1v) is 10.2. The van der Waals surface area contributed by atoms with E-state index >= 15 is 0 Å². The van der Waals surface area contributed by atoms with E-state index in [0.717, 1.165) is 38.5 Å². The molecule has 0 spiro atoms. The zero-order chi connectivity index (χ0) is 15.4. The predicted molar refractivity (Wildman–Crippen MR) is 95.8 cm³/mol. The van der Waals surface area contributed by atoms with Crippen molar-refractivity contribution in [2.45, 2.75) is 79.1 Å². The summed E-state index contributed by atoms with van der Waals surface area (Å²) in [4.78, 5) is 10.0. The third-order valence-electron chi connectivity index (χ3n) is 4.09. The van der Waals surface area contributed by atoms with Gasteiger partial charge >= 0.3 is 45.3 Å². The molecule has 0 aliphatic heterocycles. The molecule has 0 saturated heterocycles. The number of hydrogen-bond donors (Lipinski definition) is 1. The molecule has 0 aromatic rings. The molecule has 3 unspecified atom stereocenters. The molecule has 0 fully saturated rings. The standard InChI is InChI=1S/C16H35O3P.Ca.2H/c1-5-9-11-15(7-3)13-19-20(17,18)14-16(8-4)12-10-6-2;;;/h15-16H,5-14H2,1-4H3,(H,17,18);;;. The van der Waals surface area contributed by atoms with E-state index < -0.39 is 7.60 Å². The van der Waals surface area contributed by atoms with E-state index in [2.05, 4.69) is 27.7 Å². The second-order valence-corrected chi connectivity index (χ2v) is 7.85. The Morgan fingerprint density at radius 2 is 1.43 bits per heavy atom. The van der Waals surface area contributed by atoms with Crippen molar-refractivity contribution in [3.63, 3.8) is 0 Å². The molecule has 1 N–H and O–H groups in total. The summed E-state index contributed by atoms with van der Waals surface area (Å²) >= 11 is 0. The second kappa shape index (κ2) is 15.0. The first kappa shape index (κ1) is 24.7. The van der Waals surface area contributed by atoms with Crippen LogP contribution in [-0.4, -0.2) is 55.4 Å². The zero-order valence-electron chi connectivity index (χ0n) is 13.9. The Morgan fingerprint density at radius 3 is 1.86 bits per heavy atom. The summed E-state index contributed by atoms with van der Waals surface area (Å²) in [5, 5.41) is 0. The number of hydrogen-bond acceptors (Lipinski definition) is 2. The molecular weight excluding hydrogens is 311 g/mol. The fourth-order valence-electron chi connectivity index (χ4n) is 2.42. The SMILES string of the molecule is CCCCC(CC)COP(=O)(O)CC(CC)CCCC.[CaH2]. The van der Waals surface area contributed by atoms with E-state index in [1.807, 2.05) is 0 Å². The van der Waals surface area contributed by atoms with Crippen molar-refractivity contribution in [3.05, 3.63) is 0 Å². The van der Waals surface area contributed by atoms with Crippen LogP contribution in [-0.2, 0) is 9.09 Å². The molecule has 0 saturated carbocycles. The van der Waals surface area contributed by atoms with Gasteiger partial charge in [-0.3, -0.25) is 4.57 Å². The van der Waals surface area contributed by atoms with Crippen LogP contribution in [0, 0.1) is 11.8 Å². The summed E-state index contributed by atoms with van der Waals surface area (Å²) in [5.74, 6) is 0.743. The van der Waals surface area contributed by atoms with Crippen LogP contribution in [0.25, 0.3) is 0 Å². The van der Waals surface area contributed by atoms with Gasteiger partial charge in [-0.05, 0) is 24.7 Å². The maximum absolute atomic E-state index is 12.2. The summed E-state index contributed by atoms with van der Waals surface area (Å²) in [6.45, 7) is 8.98. The van der Waals surface area contributed by atoms with Gasteiger partial charge in [-0.25, -0.2) is 0 Å². The quantitative estimate of drug-likeness (QED) is 0.387. The fourth-order valence-corrected chi connectivity index (χ4v) is 4.06. The topological polar surface area (TPSA) is 46.5 Å². The molecule has 3 atom stereocenters. The van der Waals surface area contributed by atoms with Crippen LogP contribution in [0.2, 0.25) is 0 Å². The van der Waals surface area contributed by atoms with Crippen LogP contribution in [0.15, 0.2) is 0 Å². The Bertz CT molecular complexity index is 274. The summed E-state index contributed by atoms with van der Waals surface area (Å²) in [5.41, 5.74) is 0. The molecule has 0 radical (unpaired) electrons. The van der Waals surface area contributed by atoms with E-state index in [0.29, 0.717) is 24.6 Å². The average molecular weight is 349 g/mol. The van der Waals surface area contributed by atoms with Gasteiger partial charge in [0.15, 0.2) is 0 Å². The molecule has 126 valence electrons. The van der Waals surface area contributed by atoms with Crippen LogP contribution in [0.3, 0.4) is 0 Å². The van der Waals surface area contributed by atoms with Gasteiger partial charge < -0.3 is 9.42 Å². The van der Waals surface area contributed by atoms with Crippen molar-refractivity contribution >= 4 is 45.3 Å². The van der Waals surface area contributed by atoms with Crippen molar-refractivity contribution in [3.8, 4) is 0 Å². The molecule has 21 heavy (non-hydrogen) atoms. The minimum absolute atomic E-state index is 0. The molecule has 0 bridgehead atoms.